The summed E-state index contributed by atoms with van der Waals surface area (Å²) >= 11 is 0. The summed E-state index contributed by atoms with van der Waals surface area (Å²) in [6.07, 6.45) is 0. The number of nitrogens with one attached hydrogen (secondary N) is 1. The van der Waals surface area contributed by atoms with Crippen LogP contribution in [-0.4, -0.2) is 11.0 Å². The maximum atomic E-state index is 12.3. The molecule has 0 saturated carbocycles. The van der Waals surface area contributed by atoms with E-state index >= 15 is 0 Å². The largest absolute Gasteiger partial charge is 0.456 e. The van der Waals surface area contributed by atoms with Crippen molar-refractivity contribution < 1.29 is 9.53 Å². The number of esters is 1. The first-order chi connectivity index (χ1) is 13.2. The van der Waals surface area contributed by atoms with Gasteiger partial charge in [-0.2, -0.15) is 0 Å². The number of hydrogen-bond acceptors (Lipinski definition) is 3. The number of aromatic nitrogens is 1. The van der Waals surface area contributed by atoms with E-state index in [4.69, 9.17) is 4.74 Å². The average molecular weight is 355 g/mol. The second-order valence-corrected chi connectivity index (χ2v) is 6.23. The molecule has 0 aliphatic carbocycles. The van der Waals surface area contributed by atoms with Crippen LogP contribution in [0.1, 0.15) is 16.1 Å². The van der Waals surface area contributed by atoms with E-state index in [9.17, 15) is 9.59 Å². The van der Waals surface area contributed by atoms with Crippen molar-refractivity contribution in [3.05, 3.63) is 106 Å². The molecule has 0 aliphatic heterocycles. The van der Waals surface area contributed by atoms with E-state index in [1.165, 1.54) is 6.07 Å². The summed E-state index contributed by atoms with van der Waals surface area (Å²) in [4.78, 5) is 27.4. The third-order valence-corrected chi connectivity index (χ3v) is 4.39. The van der Waals surface area contributed by atoms with Gasteiger partial charge in [-0.1, -0.05) is 66.7 Å². The molecule has 0 spiro atoms. The number of fused-ring (bicyclic) bond motifs is 1. The number of aromatic amines is 1. The normalized spacial score (nSPS) is 10.7. The van der Waals surface area contributed by atoms with Crippen molar-refractivity contribution in [3.63, 3.8) is 0 Å². The minimum absolute atomic E-state index is 0.142. The first kappa shape index (κ1) is 16.8. The lowest BCUT2D eigenvalue weighted by Crippen LogP contribution is -2.12. The SMILES string of the molecule is O=C(OCc1ccc(-c2ccccc2)cc1)c1cc(=O)c2ccccc2[nH]1. The van der Waals surface area contributed by atoms with Crippen molar-refractivity contribution in [1.29, 1.82) is 0 Å². The molecule has 4 heteroatoms. The van der Waals surface area contributed by atoms with Gasteiger partial charge in [0.2, 0.25) is 0 Å². The highest BCUT2D eigenvalue weighted by atomic mass is 16.5. The van der Waals surface area contributed by atoms with Crippen LogP contribution in [0.25, 0.3) is 22.0 Å². The lowest BCUT2D eigenvalue weighted by atomic mass is 10.0. The zero-order valence-electron chi connectivity index (χ0n) is 14.5. The van der Waals surface area contributed by atoms with Gasteiger partial charge in [0.05, 0.1) is 0 Å². The Morgan fingerprint density at radius 2 is 1.48 bits per heavy atom. The fourth-order valence-electron chi connectivity index (χ4n) is 2.96. The second kappa shape index (κ2) is 7.30. The molecule has 1 heterocycles. The zero-order chi connectivity index (χ0) is 18.6. The molecule has 0 unspecified atom stereocenters. The van der Waals surface area contributed by atoms with Gasteiger partial charge in [-0.05, 0) is 28.8 Å². The molecule has 0 atom stereocenters. The highest BCUT2D eigenvalue weighted by Crippen LogP contribution is 2.19. The molecular weight excluding hydrogens is 338 g/mol. The van der Waals surface area contributed by atoms with Crippen molar-refractivity contribution in [2.24, 2.45) is 0 Å². The summed E-state index contributed by atoms with van der Waals surface area (Å²) in [5.74, 6) is -0.551. The van der Waals surface area contributed by atoms with E-state index in [-0.39, 0.29) is 17.7 Å². The number of hydrogen-bond donors (Lipinski definition) is 1. The van der Waals surface area contributed by atoms with Crippen molar-refractivity contribution in [2.75, 3.05) is 0 Å². The van der Waals surface area contributed by atoms with Gasteiger partial charge < -0.3 is 9.72 Å². The molecule has 0 radical (unpaired) electrons. The molecule has 1 N–H and O–H groups in total. The Bertz CT molecular complexity index is 1150. The Kier molecular flexibility index (Phi) is 4.54. The molecule has 4 nitrogen and oxygen atoms in total. The minimum Gasteiger partial charge on any atom is -0.456 e. The van der Waals surface area contributed by atoms with Crippen molar-refractivity contribution in [1.82, 2.24) is 4.98 Å². The number of ether oxygens (including phenoxy) is 1. The van der Waals surface area contributed by atoms with Gasteiger partial charge in [0.15, 0.2) is 5.43 Å². The van der Waals surface area contributed by atoms with Crippen LogP contribution in [0.4, 0.5) is 0 Å². The van der Waals surface area contributed by atoms with Crippen LogP contribution >= 0.6 is 0 Å². The van der Waals surface area contributed by atoms with Gasteiger partial charge in [0, 0.05) is 17.0 Å². The van der Waals surface area contributed by atoms with Crippen molar-refractivity contribution in [2.45, 2.75) is 6.61 Å². The van der Waals surface area contributed by atoms with Gasteiger partial charge in [-0.3, -0.25) is 4.79 Å². The van der Waals surface area contributed by atoms with Crippen LogP contribution in [0.2, 0.25) is 0 Å². The van der Waals surface area contributed by atoms with E-state index in [0.717, 1.165) is 16.7 Å². The smallest absolute Gasteiger partial charge is 0.355 e. The maximum absolute atomic E-state index is 12.3. The van der Waals surface area contributed by atoms with E-state index < -0.39 is 5.97 Å². The number of carbonyl (C=O) groups excluding carboxylic acids is 1. The zero-order valence-corrected chi connectivity index (χ0v) is 14.5. The van der Waals surface area contributed by atoms with Gasteiger partial charge in [-0.15, -0.1) is 0 Å². The van der Waals surface area contributed by atoms with Gasteiger partial charge >= 0.3 is 5.97 Å². The Balaban J connectivity index is 1.47. The molecule has 3 aromatic carbocycles. The molecule has 132 valence electrons. The topological polar surface area (TPSA) is 59.2 Å². The lowest BCUT2D eigenvalue weighted by molar-refractivity contribution is 0.0466. The van der Waals surface area contributed by atoms with E-state index in [2.05, 4.69) is 4.98 Å². The van der Waals surface area contributed by atoms with Crippen LogP contribution in [0.3, 0.4) is 0 Å². The van der Waals surface area contributed by atoms with Crippen LogP contribution in [0.15, 0.2) is 89.7 Å². The standard InChI is InChI=1S/C23H17NO3/c25-22-14-21(24-20-9-5-4-8-19(20)22)23(26)27-15-16-10-12-18(13-11-16)17-6-2-1-3-7-17/h1-14H,15H2,(H,24,25). The van der Waals surface area contributed by atoms with Crippen LogP contribution in [-0.2, 0) is 11.3 Å². The summed E-state index contributed by atoms with van der Waals surface area (Å²) in [6, 6.07) is 26.3. The molecular formula is C23H17NO3. The average Bonchev–Trinajstić information content (AvgIpc) is 2.73. The summed E-state index contributed by atoms with van der Waals surface area (Å²) in [5, 5.41) is 0.547. The molecule has 0 saturated heterocycles. The molecule has 1 aromatic heterocycles. The van der Waals surface area contributed by atoms with Crippen LogP contribution < -0.4 is 5.43 Å². The van der Waals surface area contributed by atoms with Crippen LogP contribution in [0, 0.1) is 0 Å². The maximum Gasteiger partial charge on any atom is 0.355 e. The van der Waals surface area contributed by atoms with Crippen LogP contribution in [0.5, 0.6) is 0 Å². The fraction of sp³-hybridized carbons (Fsp3) is 0.0435. The molecule has 0 aliphatic rings. The monoisotopic (exact) mass is 355 g/mol. The van der Waals surface area contributed by atoms with E-state index in [1.807, 2.05) is 60.7 Å². The van der Waals surface area contributed by atoms with Gasteiger partial charge in [-0.25, -0.2) is 4.79 Å². The predicted octanol–water partition coefficient (Wildman–Crippen LogP) is 4.55. The number of pyridine rings is 1. The molecule has 27 heavy (non-hydrogen) atoms. The number of rotatable bonds is 4. The van der Waals surface area contributed by atoms with E-state index in [1.54, 1.807) is 18.2 Å². The minimum atomic E-state index is -0.551. The number of benzene rings is 3. The molecule has 0 bridgehead atoms. The number of carbonyl (C=O) groups is 1. The quantitative estimate of drug-likeness (QED) is 0.546. The van der Waals surface area contributed by atoms with Gasteiger partial charge in [0.25, 0.3) is 0 Å². The molecule has 0 amide bonds. The summed E-state index contributed by atoms with van der Waals surface area (Å²) in [5.41, 5.74) is 3.68. The highest BCUT2D eigenvalue weighted by Gasteiger charge is 2.11. The van der Waals surface area contributed by atoms with E-state index in [0.29, 0.717) is 10.9 Å². The Morgan fingerprint density at radius 1 is 0.815 bits per heavy atom. The fourth-order valence-corrected chi connectivity index (χ4v) is 2.96. The van der Waals surface area contributed by atoms with Crippen molar-refractivity contribution >= 4 is 16.9 Å². The number of para-hydroxylation sites is 1. The van der Waals surface area contributed by atoms with Crippen molar-refractivity contribution in [3.8, 4) is 11.1 Å². The number of H-pyrrole nitrogens is 1. The summed E-state index contributed by atoms with van der Waals surface area (Å²) in [7, 11) is 0. The predicted molar refractivity (Wildman–Crippen MR) is 106 cm³/mol. The summed E-state index contributed by atoms with van der Waals surface area (Å²) in [6.45, 7) is 0.142. The highest BCUT2D eigenvalue weighted by molar-refractivity contribution is 5.90. The third-order valence-electron chi connectivity index (χ3n) is 4.39. The first-order valence-electron chi connectivity index (χ1n) is 8.64. The second-order valence-electron chi connectivity index (χ2n) is 6.23. The lowest BCUT2D eigenvalue weighted by Gasteiger charge is -2.07. The molecule has 0 fully saturated rings. The summed E-state index contributed by atoms with van der Waals surface area (Å²) < 4.78 is 5.35. The Labute approximate surface area is 156 Å². The Hall–Kier alpha value is -3.66. The molecule has 4 aromatic rings. The van der Waals surface area contributed by atoms with Gasteiger partial charge in [0.1, 0.15) is 12.3 Å². The Morgan fingerprint density at radius 3 is 2.26 bits per heavy atom. The first-order valence-corrected chi connectivity index (χ1v) is 8.64. The molecule has 4 rings (SSSR count). The third kappa shape index (κ3) is 3.65.